The molecule has 0 saturated heterocycles. The Bertz CT molecular complexity index is 429. The molecule has 0 fully saturated rings. The molecule has 0 aliphatic carbocycles. The van der Waals surface area contributed by atoms with Crippen molar-refractivity contribution in [3.05, 3.63) is 29.8 Å². The van der Waals surface area contributed by atoms with Crippen LogP contribution >= 0.6 is 0 Å². The minimum atomic E-state index is 0.708. The standard InChI is InChI=1S/C26H47NO/c1-2-3-4-5-6-7-8-9-10-11-12-13-14-15-16-17-24-28-26-20-18-25(19-21-26)22-23-27/h18-21H,2-17,22-24,27H2,1H3. The summed E-state index contributed by atoms with van der Waals surface area (Å²) in [5.41, 5.74) is 6.86. The van der Waals surface area contributed by atoms with Gasteiger partial charge in [-0.2, -0.15) is 0 Å². The van der Waals surface area contributed by atoms with E-state index in [1.165, 1.54) is 108 Å². The molecule has 162 valence electrons. The number of benzene rings is 1. The van der Waals surface area contributed by atoms with Gasteiger partial charge in [0.05, 0.1) is 6.61 Å². The first-order chi connectivity index (χ1) is 13.9. The molecule has 28 heavy (non-hydrogen) atoms. The lowest BCUT2D eigenvalue weighted by atomic mass is 10.0. The fourth-order valence-corrected chi connectivity index (χ4v) is 3.76. The van der Waals surface area contributed by atoms with Gasteiger partial charge in [-0.3, -0.25) is 0 Å². The van der Waals surface area contributed by atoms with Gasteiger partial charge < -0.3 is 10.5 Å². The zero-order valence-corrected chi connectivity index (χ0v) is 18.7. The molecule has 0 aromatic heterocycles. The molecule has 2 heteroatoms. The Balaban J connectivity index is 1.77. The zero-order chi connectivity index (χ0) is 20.1. The van der Waals surface area contributed by atoms with Gasteiger partial charge in [-0.1, -0.05) is 115 Å². The van der Waals surface area contributed by atoms with Crippen molar-refractivity contribution in [1.82, 2.24) is 0 Å². The van der Waals surface area contributed by atoms with E-state index in [2.05, 4.69) is 31.2 Å². The summed E-state index contributed by atoms with van der Waals surface area (Å²) in [5.74, 6) is 0.988. The summed E-state index contributed by atoms with van der Waals surface area (Å²) in [6.45, 7) is 3.84. The summed E-state index contributed by atoms with van der Waals surface area (Å²) in [6.07, 6.45) is 23.4. The van der Waals surface area contributed by atoms with Crippen LogP contribution in [0.5, 0.6) is 5.75 Å². The van der Waals surface area contributed by atoms with Crippen molar-refractivity contribution in [3.8, 4) is 5.75 Å². The molecule has 2 nitrogen and oxygen atoms in total. The number of hydrogen-bond donors (Lipinski definition) is 1. The predicted octanol–water partition coefficient (Wildman–Crippen LogP) is 7.83. The largest absolute Gasteiger partial charge is 0.494 e. The quantitative estimate of drug-likeness (QED) is 0.231. The highest BCUT2D eigenvalue weighted by molar-refractivity contribution is 5.27. The van der Waals surface area contributed by atoms with Crippen LogP contribution in [0.15, 0.2) is 24.3 Å². The molecule has 0 saturated carbocycles. The summed E-state index contributed by atoms with van der Waals surface area (Å²) < 4.78 is 5.83. The highest BCUT2D eigenvalue weighted by atomic mass is 16.5. The first-order valence-corrected chi connectivity index (χ1v) is 12.3. The van der Waals surface area contributed by atoms with Crippen LogP contribution in [0.25, 0.3) is 0 Å². The topological polar surface area (TPSA) is 35.2 Å². The van der Waals surface area contributed by atoms with E-state index >= 15 is 0 Å². The van der Waals surface area contributed by atoms with Gasteiger partial charge in [0, 0.05) is 0 Å². The molecule has 0 bridgehead atoms. The second-order valence-corrected chi connectivity index (χ2v) is 8.33. The van der Waals surface area contributed by atoms with Crippen molar-refractivity contribution in [1.29, 1.82) is 0 Å². The zero-order valence-electron chi connectivity index (χ0n) is 18.7. The van der Waals surface area contributed by atoms with E-state index in [9.17, 15) is 0 Å². The molecule has 0 aliphatic heterocycles. The molecule has 0 atom stereocenters. The Morgan fingerprint density at radius 2 is 1.04 bits per heavy atom. The maximum absolute atomic E-state index is 5.83. The Kier molecular flexibility index (Phi) is 17.2. The molecular weight excluding hydrogens is 342 g/mol. The van der Waals surface area contributed by atoms with Crippen molar-refractivity contribution in [3.63, 3.8) is 0 Å². The van der Waals surface area contributed by atoms with Crippen molar-refractivity contribution < 1.29 is 4.74 Å². The lowest BCUT2D eigenvalue weighted by Gasteiger charge is -2.07. The molecular formula is C26H47NO. The third-order valence-electron chi connectivity index (χ3n) is 5.62. The lowest BCUT2D eigenvalue weighted by molar-refractivity contribution is 0.304. The maximum Gasteiger partial charge on any atom is 0.119 e. The summed E-state index contributed by atoms with van der Waals surface area (Å²) >= 11 is 0. The average Bonchev–Trinajstić information content (AvgIpc) is 2.72. The first kappa shape index (κ1) is 25.0. The third-order valence-corrected chi connectivity index (χ3v) is 5.62. The molecule has 0 heterocycles. The number of nitrogens with two attached hydrogens (primary N) is 1. The predicted molar refractivity (Wildman–Crippen MR) is 124 cm³/mol. The lowest BCUT2D eigenvalue weighted by Crippen LogP contribution is -2.02. The molecule has 0 amide bonds. The van der Waals surface area contributed by atoms with Crippen LogP contribution in [0.3, 0.4) is 0 Å². The fourth-order valence-electron chi connectivity index (χ4n) is 3.76. The normalized spacial score (nSPS) is 11.1. The van der Waals surface area contributed by atoms with Crippen molar-refractivity contribution >= 4 is 0 Å². The van der Waals surface area contributed by atoms with Crippen LogP contribution in [-0.4, -0.2) is 13.2 Å². The molecule has 0 aliphatic rings. The van der Waals surface area contributed by atoms with E-state index in [0.29, 0.717) is 6.54 Å². The van der Waals surface area contributed by atoms with E-state index in [0.717, 1.165) is 18.8 Å². The van der Waals surface area contributed by atoms with E-state index < -0.39 is 0 Å². The second kappa shape index (κ2) is 19.3. The fraction of sp³-hybridized carbons (Fsp3) is 0.769. The average molecular weight is 390 g/mol. The van der Waals surface area contributed by atoms with E-state index in [1.54, 1.807) is 0 Å². The van der Waals surface area contributed by atoms with E-state index in [4.69, 9.17) is 10.5 Å². The minimum absolute atomic E-state index is 0.708. The van der Waals surface area contributed by atoms with Gasteiger partial charge in [-0.05, 0) is 37.1 Å². The van der Waals surface area contributed by atoms with Crippen molar-refractivity contribution in [2.24, 2.45) is 5.73 Å². The molecule has 1 aromatic carbocycles. The summed E-state index contributed by atoms with van der Waals surface area (Å²) in [7, 11) is 0. The first-order valence-electron chi connectivity index (χ1n) is 12.3. The molecule has 0 unspecified atom stereocenters. The Labute approximate surface area is 175 Å². The van der Waals surface area contributed by atoms with Gasteiger partial charge in [0.2, 0.25) is 0 Å². The van der Waals surface area contributed by atoms with Gasteiger partial charge in [0.25, 0.3) is 0 Å². The second-order valence-electron chi connectivity index (χ2n) is 8.33. The minimum Gasteiger partial charge on any atom is -0.494 e. The smallest absolute Gasteiger partial charge is 0.119 e. The van der Waals surface area contributed by atoms with Gasteiger partial charge in [0.15, 0.2) is 0 Å². The molecule has 1 rings (SSSR count). The molecule has 0 spiro atoms. The third kappa shape index (κ3) is 15.0. The van der Waals surface area contributed by atoms with Gasteiger partial charge in [-0.25, -0.2) is 0 Å². The summed E-state index contributed by atoms with van der Waals surface area (Å²) in [4.78, 5) is 0. The van der Waals surface area contributed by atoms with Crippen molar-refractivity contribution in [2.45, 2.75) is 116 Å². The SMILES string of the molecule is CCCCCCCCCCCCCCCCCCOc1ccc(CCN)cc1. The highest BCUT2D eigenvalue weighted by Gasteiger charge is 1.97. The number of rotatable bonds is 20. The Morgan fingerprint density at radius 1 is 0.607 bits per heavy atom. The number of ether oxygens (including phenoxy) is 1. The van der Waals surface area contributed by atoms with Crippen LogP contribution in [0.4, 0.5) is 0 Å². The van der Waals surface area contributed by atoms with Crippen LogP contribution in [0.1, 0.15) is 115 Å². The van der Waals surface area contributed by atoms with Crippen LogP contribution in [0.2, 0.25) is 0 Å². The van der Waals surface area contributed by atoms with Crippen LogP contribution in [-0.2, 0) is 6.42 Å². The Hall–Kier alpha value is -1.02. The molecule has 1 aromatic rings. The number of hydrogen-bond acceptors (Lipinski definition) is 2. The van der Waals surface area contributed by atoms with Gasteiger partial charge in [-0.15, -0.1) is 0 Å². The van der Waals surface area contributed by atoms with Gasteiger partial charge in [0.1, 0.15) is 5.75 Å². The summed E-state index contributed by atoms with van der Waals surface area (Å²) in [5, 5.41) is 0. The molecule has 0 radical (unpaired) electrons. The molecule has 2 N–H and O–H groups in total. The monoisotopic (exact) mass is 389 g/mol. The van der Waals surface area contributed by atoms with Crippen LogP contribution < -0.4 is 10.5 Å². The number of unbranched alkanes of at least 4 members (excludes halogenated alkanes) is 15. The summed E-state index contributed by atoms with van der Waals surface area (Å²) in [6, 6.07) is 8.38. The van der Waals surface area contributed by atoms with E-state index in [1.807, 2.05) is 0 Å². The maximum atomic E-state index is 5.83. The van der Waals surface area contributed by atoms with Crippen LogP contribution in [0, 0.1) is 0 Å². The van der Waals surface area contributed by atoms with E-state index in [-0.39, 0.29) is 0 Å². The van der Waals surface area contributed by atoms with Gasteiger partial charge >= 0.3 is 0 Å². The highest BCUT2D eigenvalue weighted by Crippen LogP contribution is 2.15. The van der Waals surface area contributed by atoms with Crippen molar-refractivity contribution in [2.75, 3.05) is 13.2 Å². The Morgan fingerprint density at radius 3 is 1.46 bits per heavy atom.